The van der Waals surface area contributed by atoms with Crippen LogP contribution >= 0.6 is 0 Å². The lowest BCUT2D eigenvalue weighted by molar-refractivity contribution is 0.209. The Morgan fingerprint density at radius 3 is 2.42 bits per heavy atom. The van der Waals surface area contributed by atoms with Gasteiger partial charge >= 0.3 is 0 Å². The zero-order valence-electron chi connectivity index (χ0n) is 18.4. The second-order valence-corrected chi connectivity index (χ2v) is 11.3. The molecule has 0 radical (unpaired) electrons. The number of nitrogens with one attached hydrogen (secondary N) is 1. The van der Waals surface area contributed by atoms with E-state index >= 15 is 0 Å². The second-order valence-electron chi connectivity index (χ2n) is 9.51. The summed E-state index contributed by atoms with van der Waals surface area (Å²) in [5, 5.41) is 0. The summed E-state index contributed by atoms with van der Waals surface area (Å²) in [6.45, 7) is 6.11. The SMILES string of the molecule is CCC1(c2cccc(NS(C)(=O)=O)c2)C2CN(CCOc3ccc(C4CC4)cc3)CC21. The monoisotopic (exact) mass is 440 g/mol. The average molecular weight is 441 g/mol. The number of hydrogen-bond acceptors (Lipinski definition) is 4. The molecule has 1 heterocycles. The molecule has 0 spiro atoms. The fourth-order valence-electron chi connectivity index (χ4n) is 5.79. The van der Waals surface area contributed by atoms with Crippen molar-refractivity contribution in [2.45, 2.75) is 37.5 Å². The highest BCUT2D eigenvalue weighted by atomic mass is 32.2. The van der Waals surface area contributed by atoms with Gasteiger partial charge in [-0.05, 0) is 72.4 Å². The maximum absolute atomic E-state index is 11.6. The van der Waals surface area contributed by atoms with Gasteiger partial charge in [0.2, 0.25) is 10.0 Å². The maximum atomic E-state index is 11.6. The average Bonchev–Trinajstić information content (AvgIpc) is 3.63. The van der Waals surface area contributed by atoms with Gasteiger partial charge in [-0.1, -0.05) is 31.2 Å². The quantitative estimate of drug-likeness (QED) is 0.634. The van der Waals surface area contributed by atoms with E-state index in [-0.39, 0.29) is 5.41 Å². The molecule has 166 valence electrons. The van der Waals surface area contributed by atoms with Gasteiger partial charge in [0.25, 0.3) is 0 Å². The predicted molar refractivity (Wildman–Crippen MR) is 124 cm³/mol. The molecule has 5 rings (SSSR count). The lowest BCUT2D eigenvalue weighted by atomic mass is 9.87. The predicted octanol–water partition coefficient (Wildman–Crippen LogP) is 4.22. The Labute approximate surface area is 185 Å². The highest BCUT2D eigenvalue weighted by molar-refractivity contribution is 7.92. The zero-order chi connectivity index (χ0) is 21.6. The van der Waals surface area contributed by atoms with Crippen LogP contribution in [0, 0.1) is 11.8 Å². The van der Waals surface area contributed by atoms with Gasteiger partial charge in [0.05, 0.1) is 6.26 Å². The molecule has 1 N–H and O–H groups in total. The molecule has 2 unspecified atom stereocenters. The van der Waals surface area contributed by atoms with Gasteiger partial charge in [-0.2, -0.15) is 0 Å². The first-order valence-corrected chi connectivity index (χ1v) is 13.3. The van der Waals surface area contributed by atoms with Crippen molar-refractivity contribution >= 4 is 15.7 Å². The molecule has 1 saturated heterocycles. The number of piperidine rings is 1. The van der Waals surface area contributed by atoms with E-state index in [2.05, 4.69) is 46.9 Å². The number of rotatable bonds is 9. The zero-order valence-corrected chi connectivity index (χ0v) is 19.2. The van der Waals surface area contributed by atoms with E-state index in [0.29, 0.717) is 17.5 Å². The molecule has 3 fully saturated rings. The van der Waals surface area contributed by atoms with Gasteiger partial charge in [0.1, 0.15) is 12.4 Å². The summed E-state index contributed by atoms with van der Waals surface area (Å²) in [5.41, 5.74) is 3.56. The maximum Gasteiger partial charge on any atom is 0.229 e. The van der Waals surface area contributed by atoms with Gasteiger partial charge in [0.15, 0.2) is 0 Å². The van der Waals surface area contributed by atoms with E-state index in [1.54, 1.807) is 0 Å². The van der Waals surface area contributed by atoms with Crippen molar-refractivity contribution in [3.8, 4) is 5.75 Å². The topological polar surface area (TPSA) is 58.6 Å². The summed E-state index contributed by atoms with van der Waals surface area (Å²) < 4.78 is 31.8. The number of ether oxygens (including phenoxy) is 1. The standard InChI is InChI=1S/C25H32N2O3S/c1-3-25(20-5-4-6-21(15-20)26-31(2,28)29)23-16-27(17-24(23)25)13-14-30-22-11-9-19(10-12-22)18-7-8-18/h4-6,9-12,15,18,23-24,26H,3,7-8,13-14,16-17H2,1-2H3. The summed E-state index contributed by atoms with van der Waals surface area (Å²) in [7, 11) is -3.26. The van der Waals surface area contributed by atoms with Crippen molar-refractivity contribution in [1.82, 2.24) is 4.90 Å². The minimum absolute atomic E-state index is 0.186. The van der Waals surface area contributed by atoms with Crippen molar-refractivity contribution in [3.63, 3.8) is 0 Å². The van der Waals surface area contributed by atoms with Crippen LogP contribution in [0.2, 0.25) is 0 Å². The number of likely N-dealkylation sites (tertiary alicyclic amines) is 1. The first kappa shape index (κ1) is 20.8. The Kier molecular flexibility index (Phi) is 5.25. The van der Waals surface area contributed by atoms with Crippen molar-refractivity contribution < 1.29 is 13.2 Å². The van der Waals surface area contributed by atoms with Crippen LogP contribution in [0.3, 0.4) is 0 Å². The van der Waals surface area contributed by atoms with Crippen LogP contribution in [-0.2, 0) is 15.4 Å². The van der Waals surface area contributed by atoms with Crippen LogP contribution in [0.25, 0.3) is 0 Å². The highest BCUT2D eigenvalue weighted by Gasteiger charge is 2.67. The number of hydrogen-bond donors (Lipinski definition) is 1. The Morgan fingerprint density at radius 2 is 1.81 bits per heavy atom. The fraction of sp³-hybridized carbons (Fsp3) is 0.520. The third-order valence-corrected chi connectivity index (χ3v) is 8.11. The third-order valence-electron chi connectivity index (χ3n) is 7.50. The van der Waals surface area contributed by atoms with E-state index in [9.17, 15) is 8.42 Å². The summed E-state index contributed by atoms with van der Waals surface area (Å²) in [5.74, 6) is 3.03. The molecule has 5 nitrogen and oxygen atoms in total. The third kappa shape index (κ3) is 4.20. The number of fused-ring (bicyclic) bond motifs is 1. The molecule has 0 aromatic heterocycles. The molecule has 6 heteroatoms. The molecule has 2 saturated carbocycles. The van der Waals surface area contributed by atoms with Gasteiger partial charge in [-0.3, -0.25) is 9.62 Å². The molecule has 2 aliphatic carbocycles. The van der Waals surface area contributed by atoms with Crippen LogP contribution in [0.15, 0.2) is 48.5 Å². The first-order chi connectivity index (χ1) is 14.9. The Balaban J connectivity index is 1.15. The van der Waals surface area contributed by atoms with Crippen LogP contribution in [0.4, 0.5) is 5.69 Å². The normalized spacial score (nSPS) is 27.7. The van der Waals surface area contributed by atoms with Crippen LogP contribution < -0.4 is 9.46 Å². The molecule has 2 atom stereocenters. The molecule has 3 aliphatic rings. The second kappa shape index (κ2) is 7.82. The largest absolute Gasteiger partial charge is 0.492 e. The molecule has 2 aromatic rings. The lowest BCUT2D eigenvalue weighted by Crippen LogP contribution is -2.33. The van der Waals surface area contributed by atoms with Crippen LogP contribution in [-0.4, -0.2) is 45.8 Å². The first-order valence-electron chi connectivity index (χ1n) is 11.4. The van der Waals surface area contributed by atoms with E-state index < -0.39 is 10.0 Å². The number of sulfonamides is 1. The van der Waals surface area contributed by atoms with E-state index in [1.165, 1.54) is 30.2 Å². The minimum Gasteiger partial charge on any atom is -0.492 e. The summed E-state index contributed by atoms with van der Waals surface area (Å²) in [6, 6.07) is 16.6. The van der Waals surface area contributed by atoms with Gasteiger partial charge in [-0.25, -0.2) is 8.42 Å². The molecule has 2 aromatic carbocycles. The van der Waals surface area contributed by atoms with Crippen molar-refractivity contribution in [2.24, 2.45) is 11.8 Å². The molecule has 31 heavy (non-hydrogen) atoms. The summed E-state index contributed by atoms with van der Waals surface area (Å²) in [4.78, 5) is 2.51. The Morgan fingerprint density at radius 1 is 1.10 bits per heavy atom. The van der Waals surface area contributed by atoms with Gasteiger partial charge in [-0.15, -0.1) is 0 Å². The van der Waals surface area contributed by atoms with Crippen molar-refractivity contribution in [3.05, 3.63) is 59.7 Å². The van der Waals surface area contributed by atoms with E-state index in [1.807, 2.05) is 18.2 Å². The van der Waals surface area contributed by atoms with Crippen LogP contribution in [0.5, 0.6) is 5.75 Å². The van der Waals surface area contributed by atoms with E-state index in [4.69, 9.17) is 4.74 Å². The molecular formula is C25H32N2O3S. The van der Waals surface area contributed by atoms with Crippen molar-refractivity contribution in [2.75, 3.05) is 37.2 Å². The van der Waals surface area contributed by atoms with E-state index in [0.717, 1.165) is 44.3 Å². The number of nitrogens with zero attached hydrogens (tertiary/aromatic N) is 1. The number of anilines is 1. The lowest BCUT2D eigenvalue weighted by Gasteiger charge is -2.26. The molecule has 0 bridgehead atoms. The fourth-order valence-corrected chi connectivity index (χ4v) is 6.34. The van der Waals surface area contributed by atoms with Gasteiger partial charge < -0.3 is 4.74 Å². The summed E-state index contributed by atoms with van der Waals surface area (Å²) >= 11 is 0. The molecule has 0 amide bonds. The van der Waals surface area contributed by atoms with Crippen LogP contribution in [0.1, 0.15) is 43.2 Å². The minimum atomic E-state index is -3.26. The summed E-state index contributed by atoms with van der Waals surface area (Å²) in [6.07, 6.45) is 4.94. The Bertz CT molecular complexity index is 1030. The molecular weight excluding hydrogens is 408 g/mol. The highest BCUT2D eigenvalue weighted by Crippen LogP contribution is 2.65. The smallest absolute Gasteiger partial charge is 0.229 e. The van der Waals surface area contributed by atoms with Gasteiger partial charge in [0, 0.05) is 30.7 Å². The number of benzene rings is 2. The van der Waals surface area contributed by atoms with Crippen molar-refractivity contribution in [1.29, 1.82) is 0 Å². The Hall–Kier alpha value is -2.05. The molecule has 1 aliphatic heterocycles.